The minimum atomic E-state index is -4.71. The highest BCUT2D eigenvalue weighted by atomic mass is 19.4. The van der Waals surface area contributed by atoms with E-state index in [1.807, 2.05) is 0 Å². The number of rotatable bonds is 3. The van der Waals surface area contributed by atoms with E-state index in [-0.39, 0.29) is 0 Å². The third-order valence-electron chi connectivity index (χ3n) is 1.83. The summed E-state index contributed by atoms with van der Waals surface area (Å²) in [7, 11) is 0. The second-order valence-corrected chi connectivity index (χ2v) is 2.97. The molecule has 0 aromatic carbocycles. The van der Waals surface area contributed by atoms with Gasteiger partial charge in [0.15, 0.2) is 0 Å². The van der Waals surface area contributed by atoms with Crippen molar-refractivity contribution < 1.29 is 22.8 Å². The maximum absolute atomic E-state index is 12.0. The molecule has 0 fully saturated rings. The lowest BCUT2D eigenvalue weighted by molar-refractivity contribution is -0.159. The first-order valence-electron chi connectivity index (χ1n) is 4.20. The van der Waals surface area contributed by atoms with Gasteiger partial charge in [-0.2, -0.15) is 18.2 Å². The van der Waals surface area contributed by atoms with E-state index >= 15 is 0 Å². The van der Waals surface area contributed by atoms with Crippen molar-refractivity contribution in [3.05, 3.63) is 11.7 Å². The monoisotopic (exact) mass is 225 g/mol. The molecule has 0 saturated carbocycles. The van der Waals surface area contributed by atoms with Crippen LogP contribution in [0.2, 0.25) is 0 Å². The van der Waals surface area contributed by atoms with Gasteiger partial charge in [-0.15, -0.1) is 0 Å². The highest BCUT2D eigenvalue weighted by Crippen LogP contribution is 2.28. The molecule has 3 N–H and O–H groups in total. The SMILES string of the molecule is CC[C@H](N)C(O)c1noc(C(F)(F)F)n1. The fourth-order valence-corrected chi connectivity index (χ4v) is 0.885. The summed E-state index contributed by atoms with van der Waals surface area (Å²) < 4.78 is 40.1. The van der Waals surface area contributed by atoms with Crippen LogP contribution < -0.4 is 5.73 Å². The van der Waals surface area contributed by atoms with Gasteiger partial charge >= 0.3 is 12.1 Å². The predicted octanol–water partition coefficient (Wildman–Crippen LogP) is 0.859. The second kappa shape index (κ2) is 4.15. The van der Waals surface area contributed by atoms with Gasteiger partial charge in [-0.05, 0) is 6.42 Å². The van der Waals surface area contributed by atoms with Crippen molar-refractivity contribution in [3.8, 4) is 0 Å². The Labute approximate surface area is 83.1 Å². The molecule has 86 valence electrons. The van der Waals surface area contributed by atoms with Gasteiger partial charge in [0.25, 0.3) is 0 Å². The number of alkyl halides is 3. The Morgan fingerprint density at radius 3 is 2.53 bits per heavy atom. The van der Waals surface area contributed by atoms with Crippen molar-refractivity contribution in [1.29, 1.82) is 0 Å². The summed E-state index contributed by atoms with van der Waals surface area (Å²) in [6, 6.07) is -0.719. The van der Waals surface area contributed by atoms with Crippen LogP contribution in [0.15, 0.2) is 4.52 Å². The lowest BCUT2D eigenvalue weighted by Gasteiger charge is -2.12. The lowest BCUT2D eigenvalue weighted by atomic mass is 10.1. The standard InChI is InChI=1S/C7H10F3N3O2/c1-2-3(11)4(14)5-12-6(15-13-5)7(8,9)10/h3-4,14H,2,11H2,1H3/t3-,4?/m0/s1. The number of aliphatic hydroxyl groups is 1. The van der Waals surface area contributed by atoms with Gasteiger partial charge in [0.05, 0.1) is 0 Å². The number of halogens is 3. The zero-order valence-corrected chi connectivity index (χ0v) is 7.82. The van der Waals surface area contributed by atoms with Crippen molar-refractivity contribution >= 4 is 0 Å². The third-order valence-corrected chi connectivity index (χ3v) is 1.83. The fourth-order valence-electron chi connectivity index (χ4n) is 0.885. The lowest BCUT2D eigenvalue weighted by Crippen LogP contribution is -2.28. The van der Waals surface area contributed by atoms with Crippen LogP contribution >= 0.6 is 0 Å². The quantitative estimate of drug-likeness (QED) is 0.796. The Hall–Kier alpha value is -1.15. The molecular formula is C7H10F3N3O2. The van der Waals surface area contributed by atoms with E-state index in [1.165, 1.54) is 0 Å². The van der Waals surface area contributed by atoms with Gasteiger partial charge in [0.1, 0.15) is 6.10 Å². The molecule has 0 saturated heterocycles. The first kappa shape index (κ1) is 11.9. The number of aromatic nitrogens is 2. The van der Waals surface area contributed by atoms with Gasteiger partial charge in [0, 0.05) is 6.04 Å². The summed E-state index contributed by atoms with van der Waals surface area (Å²) >= 11 is 0. The Morgan fingerprint density at radius 1 is 1.53 bits per heavy atom. The van der Waals surface area contributed by atoms with Gasteiger partial charge < -0.3 is 15.4 Å². The Morgan fingerprint density at radius 2 is 2.13 bits per heavy atom. The molecule has 0 aliphatic rings. The summed E-state index contributed by atoms with van der Waals surface area (Å²) in [6.45, 7) is 1.68. The van der Waals surface area contributed by atoms with E-state index in [0.29, 0.717) is 6.42 Å². The molecule has 15 heavy (non-hydrogen) atoms. The van der Waals surface area contributed by atoms with E-state index in [4.69, 9.17) is 5.73 Å². The third kappa shape index (κ3) is 2.66. The van der Waals surface area contributed by atoms with E-state index in [2.05, 4.69) is 14.7 Å². The molecule has 1 rings (SSSR count). The van der Waals surface area contributed by atoms with Crippen molar-refractivity contribution in [2.75, 3.05) is 0 Å². The maximum atomic E-state index is 12.0. The zero-order chi connectivity index (χ0) is 11.6. The first-order chi connectivity index (χ1) is 6.86. The smallest absolute Gasteiger partial charge is 0.383 e. The highest BCUT2D eigenvalue weighted by Gasteiger charge is 2.39. The minimum absolute atomic E-state index is 0.386. The van der Waals surface area contributed by atoms with Crippen LogP contribution in [0.4, 0.5) is 13.2 Å². The predicted molar refractivity (Wildman–Crippen MR) is 42.5 cm³/mol. The molecule has 0 spiro atoms. The molecule has 0 amide bonds. The van der Waals surface area contributed by atoms with Crippen molar-refractivity contribution in [3.63, 3.8) is 0 Å². The van der Waals surface area contributed by atoms with Crippen LogP contribution in [0, 0.1) is 0 Å². The summed E-state index contributed by atoms with van der Waals surface area (Å²) in [5.41, 5.74) is 5.41. The molecule has 0 radical (unpaired) electrons. The average molecular weight is 225 g/mol. The number of nitrogens with two attached hydrogens (primary N) is 1. The van der Waals surface area contributed by atoms with Crippen LogP contribution in [0.5, 0.6) is 0 Å². The van der Waals surface area contributed by atoms with Crippen LogP contribution in [0.25, 0.3) is 0 Å². The van der Waals surface area contributed by atoms with Gasteiger partial charge in [-0.1, -0.05) is 12.1 Å². The van der Waals surface area contributed by atoms with E-state index in [1.54, 1.807) is 6.92 Å². The first-order valence-corrected chi connectivity index (χ1v) is 4.20. The van der Waals surface area contributed by atoms with Crippen molar-refractivity contribution in [2.24, 2.45) is 5.73 Å². The second-order valence-electron chi connectivity index (χ2n) is 2.97. The summed E-state index contributed by atoms with van der Waals surface area (Å²) in [4.78, 5) is 3.02. The minimum Gasteiger partial charge on any atom is -0.383 e. The average Bonchev–Trinajstić information content (AvgIpc) is 2.63. The molecular weight excluding hydrogens is 215 g/mol. The molecule has 1 aromatic rings. The van der Waals surface area contributed by atoms with Crippen LogP contribution in [0.1, 0.15) is 31.2 Å². The molecule has 0 aliphatic heterocycles. The number of nitrogens with zero attached hydrogens (tertiary/aromatic N) is 2. The zero-order valence-electron chi connectivity index (χ0n) is 7.82. The topological polar surface area (TPSA) is 85.2 Å². The van der Waals surface area contributed by atoms with Crippen molar-refractivity contribution in [2.45, 2.75) is 31.7 Å². The number of hydrogen-bond donors (Lipinski definition) is 2. The number of aliphatic hydroxyl groups excluding tert-OH is 1. The molecule has 2 atom stereocenters. The van der Waals surface area contributed by atoms with Gasteiger partial charge in [-0.25, -0.2) is 0 Å². The Bertz CT molecular complexity index is 326. The highest BCUT2D eigenvalue weighted by molar-refractivity contribution is 4.96. The van der Waals surface area contributed by atoms with Crippen molar-refractivity contribution in [1.82, 2.24) is 10.1 Å². The molecule has 1 aromatic heterocycles. The number of hydrogen-bond acceptors (Lipinski definition) is 5. The molecule has 0 bridgehead atoms. The normalized spacial score (nSPS) is 16.4. The Kier molecular flexibility index (Phi) is 3.30. The fraction of sp³-hybridized carbons (Fsp3) is 0.714. The molecule has 1 unspecified atom stereocenters. The Balaban J connectivity index is 2.85. The van der Waals surface area contributed by atoms with Crippen LogP contribution in [0.3, 0.4) is 0 Å². The largest absolute Gasteiger partial charge is 0.471 e. The van der Waals surface area contributed by atoms with E-state index in [9.17, 15) is 18.3 Å². The van der Waals surface area contributed by atoms with Gasteiger partial charge in [0.2, 0.25) is 5.82 Å². The molecule has 8 heteroatoms. The summed E-state index contributed by atoms with van der Waals surface area (Å²) in [5.74, 6) is -1.93. The molecule has 0 aliphatic carbocycles. The molecule has 5 nitrogen and oxygen atoms in total. The maximum Gasteiger partial charge on any atom is 0.471 e. The van der Waals surface area contributed by atoms with Gasteiger partial charge in [-0.3, -0.25) is 0 Å². The van der Waals surface area contributed by atoms with E-state index in [0.717, 1.165) is 0 Å². The summed E-state index contributed by atoms with van der Waals surface area (Å²) in [5, 5.41) is 12.4. The summed E-state index contributed by atoms with van der Waals surface area (Å²) in [6.07, 6.45) is -5.67. The van der Waals surface area contributed by atoms with Crippen LogP contribution in [-0.4, -0.2) is 21.3 Å². The van der Waals surface area contributed by atoms with Crippen LogP contribution in [-0.2, 0) is 6.18 Å². The van der Waals surface area contributed by atoms with E-state index < -0.39 is 30.0 Å². The molecule has 1 heterocycles.